The number of esters is 2. The van der Waals surface area contributed by atoms with Crippen LogP contribution in [0.3, 0.4) is 0 Å². The van der Waals surface area contributed by atoms with Crippen LogP contribution in [0.25, 0.3) is 0 Å². The molecule has 3 rings (SSSR count). The highest BCUT2D eigenvalue weighted by Gasteiger charge is 2.41. The van der Waals surface area contributed by atoms with Gasteiger partial charge in [0, 0.05) is 5.69 Å². The summed E-state index contributed by atoms with van der Waals surface area (Å²) in [6.07, 6.45) is -4.22. The van der Waals surface area contributed by atoms with Gasteiger partial charge in [0.2, 0.25) is 12.2 Å². The molecule has 0 saturated carbocycles. The van der Waals surface area contributed by atoms with E-state index in [0.29, 0.717) is 0 Å². The van der Waals surface area contributed by atoms with Crippen molar-refractivity contribution in [2.24, 2.45) is 0 Å². The summed E-state index contributed by atoms with van der Waals surface area (Å²) in [4.78, 5) is 50.3. The fourth-order valence-electron chi connectivity index (χ4n) is 2.99. The molecule has 9 heteroatoms. The Morgan fingerprint density at radius 2 is 1.14 bits per heavy atom. The minimum atomic E-state index is -2.17. The molecule has 0 saturated heterocycles. The third-order valence-corrected chi connectivity index (χ3v) is 4.93. The van der Waals surface area contributed by atoms with Crippen molar-refractivity contribution >= 4 is 29.5 Å². The SMILES string of the molecule is Cc1ccc(C(=O)O[C@@H](C(=O)O)[C@@H](OC(=O)c2ccc(C)cc2)C(=O)Nc2ccc(F)cc2)cc1. The van der Waals surface area contributed by atoms with Crippen molar-refractivity contribution in [2.45, 2.75) is 26.1 Å². The first kappa shape index (κ1) is 25.1. The van der Waals surface area contributed by atoms with E-state index in [0.717, 1.165) is 23.3 Å². The molecular formula is C26H22FNO7. The van der Waals surface area contributed by atoms with Gasteiger partial charge in [-0.1, -0.05) is 35.4 Å². The topological polar surface area (TPSA) is 119 Å². The third-order valence-electron chi connectivity index (χ3n) is 4.93. The smallest absolute Gasteiger partial charge is 0.349 e. The summed E-state index contributed by atoms with van der Waals surface area (Å²) in [5, 5.41) is 12.1. The van der Waals surface area contributed by atoms with Gasteiger partial charge in [0.15, 0.2) is 0 Å². The summed E-state index contributed by atoms with van der Waals surface area (Å²) in [5.74, 6) is -5.37. The van der Waals surface area contributed by atoms with E-state index in [1.54, 1.807) is 38.1 Å². The number of aryl methyl sites for hydroxylation is 2. The van der Waals surface area contributed by atoms with E-state index in [1.807, 2.05) is 0 Å². The molecule has 0 heterocycles. The first-order valence-electron chi connectivity index (χ1n) is 10.5. The van der Waals surface area contributed by atoms with Crippen molar-refractivity contribution in [2.75, 3.05) is 5.32 Å². The number of amides is 1. The lowest BCUT2D eigenvalue weighted by Crippen LogP contribution is -2.48. The van der Waals surface area contributed by atoms with Crippen molar-refractivity contribution in [3.63, 3.8) is 0 Å². The number of hydrogen-bond donors (Lipinski definition) is 2. The fraction of sp³-hybridized carbons (Fsp3) is 0.154. The zero-order chi connectivity index (χ0) is 25.5. The second-order valence-corrected chi connectivity index (χ2v) is 7.72. The Kier molecular flexibility index (Phi) is 7.93. The number of aliphatic carboxylic acids is 1. The second-order valence-electron chi connectivity index (χ2n) is 7.72. The average Bonchev–Trinajstić information content (AvgIpc) is 2.83. The largest absolute Gasteiger partial charge is 0.478 e. The maximum Gasteiger partial charge on any atom is 0.349 e. The Labute approximate surface area is 200 Å². The van der Waals surface area contributed by atoms with Crippen molar-refractivity contribution < 1.29 is 38.1 Å². The highest BCUT2D eigenvalue weighted by molar-refractivity contribution is 6.01. The van der Waals surface area contributed by atoms with Gasteiger partial charge in [0.1, 0.15) is 5.82 Å². The molecule has 3 aromatic carbocycles. The number of ether oxygens (including phenoxy) is 2. The number of carboxylic acids is 1. The van der Waals surface area contributed by atoms with Crippen LogP contribution < -0.4 is 5.32 Å². The van der Waals surface area contributed by atoms with Crippen molar-refractivity contribution in [1.29, 1.82) is 0 Å². The zero-order valence-corrected chi connectivity index (χ0v) is 18.9. The molecule has 1 amide bonds. The standard InChI is InChI=1S/C26H22FNO7/c1-15-3-7-17(8-4-15)25(32)34-21(23(29)28-20-13-11-19(27)12-14-20)22(24(30)31)35-26(33)18-9-5-16(2)6-10-18/h3-14,21-22H,1-2H3,(H,28,29)(H,30,31)/t21-,22-/m1/s1. The monoisotopic (exact) mass is 479 g/mol. The van der Waals surface area contributed by atoms with Crippen LogP contribution in [-0.2, 0) is 19.1 Å². The van der Waals surface area contributed by atoms with Crippen LogP contribution in [0.5, 0.6) is 0 Å². The molecule has 0 fully saturated rings. The predicted molar refractivity (Wildman–Crippen MR) is 123 cm³/mol. The first-order valence-corrected chi connectivity index (χ1v) is 10.5. The lowest BCUT2D eigenvalue weighted by Gasteiger charge is -2.23. The van der Waals surface area contributed by atoms with Crippen LogP contribution in [0, 0.1) is 19.7 Å². The summed E-state index contributed by atoms with van der Waals surface area (Å²) in [7, 11) is 0. The number of rotatable bonds is 8. The highest BCUT2D eigenvalue weighted by Crippen LogP contribution is 2.17. The molecule has 8 nitrogen and oxygen atoms in total. The Balaban J connectivity index is 1.90. The molecule has 0 radical (unpaired) electrons. The molecule has 0 unspecified atom stereocenters. The van der Waals surface area contributed by atoms with Gasteiger partial charge >= 0.3 is 17.9 Å². The van der Waals surface area contributed by atoms with Gasteiger partial charge in [-0.05, 0) is 62.4 Å². The van der Waals surface area contributed by atoms with E-state index in [1.165, 1.54) is 36.4 Å². The molecule has 0 spiro atoms. The number of anilines is 1. The van der Waals surface area contributed by atoms with Gasteiger partial charge < -0.3 is 19.9 Å². The third kappa shape index (κ3) is 6.73. The second kappa shape index (κ2) is 11.1. The molecule has 2 N–H and O–H groups in total. The summed E-state index contributed by atoms with van der Waals surface area (Å²) in [6, 6.07) is 16.9. The van der Waals surface area contributed by atoms with Gasteiger partial charge in [0.05, 0.1) is 11.1 Å². The van der Waals surface area contributed by atoms with E-state index in [2.05, 4.69) is 5.32 Å². The maximum atomic E-state index is 13.2. The first-order chi connectivity index (χ1) is 16.6. The van der Waals surface area contributed by atoms with E-state index < -0.39 is 41.8 Å². The van der Waals surface area contributed by atoms with Gasteiger partial charge in [-0.25, -0.2) is 18.8 Å². The number of halogens is 1. The van der Waals surface area contributed by atoms with Crippen molar-refractivity contribution in [3.05, 3.63) is 101 Å². The summed E-state index contributed by atoms with van der Waals surface area (Å²) >= 11 is 0. The average molecular weight is 479 g/mol. The lowest BCUT2D eigenvalue weighted by atomic mass is 10.1. The molecule has 180 valence electrons. The number of benzene rings is 3. The normalized spacial score (nSPS) is 12.2. The minimum Gasteiger partial charge on any atom is -0.478 e. The van der Waals surface area contributed by atoms with Gasteiger partial charge in [0.25, 0.3) is 5.91 Å². The summed E-state index contributed by atoms with van der Waals surface area (Å²) in [5.41, 5.74) is 1.94. The molecule has 35 heavy (non-hydrogen) atoms. The zero-order valence-electron chi connectivity index (χ0n) is 18.9. The summed E-state index contributed by atoms with van der Waals surface area (Å²) < 4.78 is 23.5. The van der Waals surface area contributed by atoms with Crippen LogP contribution in [0.2, 0.25) is 0 Å². The van der Waals surface area contributed by atoms with E-state index >= 15 is 0 Å². The number of carbonyl (C=O) groups excluding carboxylic acids is 3. The van der Waals surface area contributed by atoms with E-state index in [4.69, 9.17) is 9.47 Å². The summed E-state index contributed by atoms with van der Waals surface area (Å²) in [6.45, 7) is 3.61. The quantitative estimate of drug-likeness (QED) is 0.470. The number of hydrogen-bond acceptors (Lipinski definition) is 6. The predicted octanol–water partition coefficient (Wildman–Crippen LogP) is 3.92. The highest BCUT2D eigenvalue weighted by atomic mass is 19.1. The molecule has 0 aliphatic heterocycles. The number of carbonyl (C=O) groups is 4. The minimum absolute atomic E-state index is 0.0457. The Hall–Kier alpha value is -4.53. The molecule has 3 aromatic rings. The molecule has 0 aliphatic carbocycles. The molecule has 0 aromatic heterocycles. The van der Waals surface area contributed by atoms with Crippen molar-refractivity contribution in [1.82, 2.24) is 0 Å². The lowest BCUT2D eigenvalue weighted by molar-refractivity contribution is -0.157. The molecule has 0 bridgehead atoms. The van der Waals surface area contributed by atoms with E-state index in [9.17, 15) is 28.7 Å². The number of carboxylic acid groups (broad SMARTS) is 1. The van der Waals surface area contributed by atoms with Crippen LogP contribution >= 0.6 is 0 Å². The van der Waals surface area contributed by atoms with Crippen LogP contribution in [0.1, 0.15) is 31.8 Å². The van der Waals surface area contributed by atoms with Crippen LogP contribution in [0.15, 0.2) is 72.8 Å². The van der Waals surface area contributed by atoms with Gasteiger partial charge in [-0.2, -0.15) is 0 Å². The maximum absolute atomic E-state index is 13.2. The van der Waals surface area contributed by atoms with Crippen molar-refractivity contribution in [3.8, 4) is 0 Å². The molecule has 2 atom stereocenters. The molecule has 0 aliphatic rings. The van der Waals surface area contributed by atoms with Crippen LogP contribution in [-0.4, -0.2) is 41.1 Å². The van der Waals surface area contributed by atoms with E-state index in [-0.39, 0.29) is 16.8 Å². The Morgan fingerprint density at radius 3 is 1.57 bits per heavy atom. The Morgan fingerprint density at radius 1 is 0.714 bits per heavy atom. The van der Waals surface area contributed by atoms with Gasteiger partial charge in [-0.15, -0.1) is 0 Å². The van der Waals surface area contributed by atoms with Gasteiger partial charge in [-0.3, -0.25) is 4.79 Å². The van der Waals surface area contributed by atoms with Crippen LogP contribution in [0.4, 0.5) is 10.1 Å². The molecular weight excluding hydrogens is 457 g/mol. The number of nitrogens with one attached hydrogen (secondary N) is 1. The fourth-order valence-corrected chi connectivity index (χ4v) is 2.99. The Bertz CT molecular complexity index is 1220.